The van der Waals surface area contributed by atoms with E-state index in [9.17, 15) is 9.59 Å². The first-order valence-corrected chi connectivity index (χ1v) is 3.31. The summed E-state index contributed by atoms with van der Waals surface area (Å²) in [7, 11) is 0. The molecule has 0 saturated carbocycles. The Hall–Kier alpha value is -0.970. The van der Waals surface area contributed by atoms with E-state index in [0.717, 1.165) is 0 Å². The van der Waals surface area contributed by atoms with Gasteiger partial charge in [-0.25, -0.2) is 0 Å². The molecule has 1 aliphatic heterocycles. The van der Waals surface area contributed by atoms with Crippen molar-refractivity contribution in [1.29, 1.82) is 0 Å². The number of hydrogen-bond acceptors (Lipinski definition) is 5. The van der Waals surface area contributed by atoms with E-state index < -0.39 is 18.0 Å². The molecule has 0 atom stereocenters. The molecule has 60 valence electrons. The monoisotopic (exact) mass is 176 g/mol. The summed E-state index contributed by atoms with van der Waals surface area (Å²) in [6.45, 7) is 0. The summed E-state index contributed by atoms with van der Waals surface area (Å²) >= 11 is 4.93. The van der Waals surface area contributed by atoms with Crippen molar-refractivity contribution < 1.29 is 14.3 Å². The summed E-state index contributed by atoms with van der Waals surface area (Å²) in [6, 6.07) is -0.443. The first-order chi connectivity index (χ1) is 5.22. The largest absolute Gasteiger partial charge is 0.393 e. The molecule has 11 heavy (non-hydrogen) atoms. The lowest BCUT2D eigenvalue weighted by molar-refractivity contribution is -0.163. The minimum Gasteiger partial charge on any atom is -0.393 e. The number of cyclic esters (lactones) is 2. The number of nitrogens with zero attached hydrogens (tertiary/aromatic N) is 2. The van der Waals surface area contributed by atoms with Crippen LogP contribution in [0.1, 0.15) is 12.8 Å². The first kappa shape index (κ1) is 8.13. The summed E-state index contributed by atoms with van der Waals surface area (Å²) < 4.78 is 7.21. The van der Waals surface area contributed by atoms with Gasteiger partial charge in [-0.1, -0.05) is 4.63 Å². The molecular weight excluding hydrogens is 172 g/mol. The molecule has 0 N–H and O–H groups in total. The fraction of sp³-hybridized carbons (Fsp3) is 0.600. The molecule has 1 fully saturated rings. The Morgan fingerprint density at radius 3 is 2.36 bits per heavy atom. The summed E-state index contributed by atoms with van der Waals surface area (Å²) in [5, 5.41) is 3.45. The van der Waals surface area contributed by atoms with Gasteiger partial charge in [-0.05, 0) is 0 Å². The lowest BCUT2D eigenvalue weighted by Crippen LogP contribution is -2.27. The molecule has 0 amide bonds. The SMILES string of the molecule is O=C1CC(N=NCl)CC(=O)O1. The summed E-state index contributed by atoms with van der Waals surface area (Å²) in [5.74, 6) is -1.15. The van der Waals surface area contributed by atoms with Crippen LogP contribution in [0.3, 0.4) is 0 Å². The quantitative estimate of drug-likeness (QED) is 0.338. The molecule has 1 heterocycles. The lowest BCUT2D eigenvalue weighted by atomic mass is 10.1. The van der Waals surface area contributed by atoms with Gasteiger partial charge in [0.2, 0.25) is 0 Å². The maximum atomic E-state index is 10.6. The number of ether oxygens (including phenoxy) is 1. The van der Waals surface area contributed by atoms with Crippen LogP contribution < -0.4 is 0 Å². The van der Waals surface area contributed by atoms with Gasteiger partial charge < -0.3 is 4.74 Å². The Balaban J connectivity index is 2.56. The highest BCUT2D eigenvalue weighted by atomic mass is 35.5. The van der Waals surface area contributed by atoms with Crippen molar-refractivity contribution >= 4 is 23.7 Å². The summed E-state index contributed by atoms with van der Waals surface area (Å²) in [5.41, 5.74) is 0. The Labute approximate surface area is 67.5 Å². The fourth-order valence-corrected chi connectivity index (χ4v) is 0.934. The number of hydrogen-bond donors (Lipinski definition) is 0. The van der Waals surface area contributed by atoms with Crippen molar-refractivity contribution in [3.8, 4) is 0 Å². The number of esters is 2. The van der Waals surface area contributed by atoms with Crippen LogP contribution in [0.5, 0.6) is 0 Å². The third-order valence-electron chi connectivity index (χ3n) is 1.24. The highest BCUT2D eigenvalue weighted by Gasteiger charge is 2.26. The van der Waals surface area contributed by atoms with Gasteiger partial charge >= 0.3 is 11.9 Å². The second kappa shape index (κ2) is 3.43. The molecule has 0 aromatic carbocycles. The molecule has 1 rings (SSSR count). The van der Waals surface area contributed by atoms with Crippen molar-refractivity contribution in [3.63, 3.8) is 0 Å². The van der Waals surface area contributed by atoms with E-state index >= 15 is 0 Å². The predicted octanol–water partition coefficient (Wildman–Crippen LogP) is 0.825. The van der Waals surface area contributed by atoms with Crippen LogP contribution in [0.2, 0.25) is 0 Å². The number of rotatable bonds is 1. The molecule has 1 aliphatic rings. The van der Waals surface area contributed by atoms with E-state index in [1.165, 1.54) is 0 Å². The Bertz CT molecular complexity index is 200. The van der Waals surface area contributed by atoms with Crippen LogP contribution in [0.25, 0.3) is 0 Å². The Morgan fingerprint density at radius 1 is 1.36 bits per heavy atom. The molecule has 0 aliphatic carbocycles. The number of carbonyl (C=O) groups excluding carboxylic acids is 2. The summed E-state index contributed by atoms with van der Waals surface area (Å²) in [6.07, 6.45) is 0.143. The van der Waals surface area contributed by atoms with Crippen LogP contribution in [0.15, 0.2) is 9.75 Å². The van der Waals surface area contributed by atoms with E-state index in [-0.39, 0.29) is 12.8 Å². The maximum absolute atomic E-state index is 10.6. The highest BCUT2D eigenvalue weighted by Crippen LogP contribution is 2.13. The second-order valence-electron chi connectivity index (χ2n) is 2.10. The van der Waals surface area contributed by atoms with Crippen LogP contribution in [0.4, 0.5) is 0 Å². The van der Waals surface area contributed by atoms with E-state index in [1.54, 1.807) is 0 Å². The van der Waals surface area contributed by atoms with Gasteiger partial charge in [0.15, 0.2) is 0 Å². The zero-order chi connectivity index (χ0) is 8.27. The summed E-state index contributed by atoms with van der Waals surface area (Å²) in [4.78, 5) is 21.1. The van der Waals surface area contributed by atoms with Gasteiger partial charge in [0.05, 0.1) is 30.7 Å². The lowest BCUT2D eigenvalue weighted by Gasteiger charge is -2.13. The molecule has 6 heteroatoms. The van der Waals surface area contributed by atoms with Crippen molar-refractivity contribution in [2.75, 3.05) is 0 Å². The zero-order valence-corrected chi connectivity index (χ0v) is 6.24. The predicted molar refractivity (Wildman–Crippen MR) is 34.8 cm³/mol. The van der Waals surface area contributed by atoms with Gasteiger partial charge in [-0.3, -0.25) is 9.59 Å². The van der Waals surface area contributed by atoms with Crippen LogP contribution in [-0.2, 0) is 14.3 Å². The minimum absolute atomic E-state index is 0.0714. The van der Waals surface area contributed by atoms with Gasteiger partial charge in [0.25, 0.3) is 0 Å². The standard InChI is InChI=1S/C5H5ClN2O3/c6-8-7-3-1-4(9)11-5(10)2-3/h3H,1-2H2. The molecule has 0 radical (unpaired) electrons. The van der Waals surface area contributed by atoms with Gasteiger partial charge in [0, 0.05) is 0 Å². The Morgan fingerprint density at radius 2 is 1.91 bits per heavy atom. The van der Waals surface area contributed by atoms with E-state index in [4.69, 9.17) is 11.8 Å². The van der Waals surface area contributed by atoms with Crippen molar-refractivity contribution in [2.24, 2.45) is 9.75 Å². The maximum Gasteiger partial charge on any atom is 0.315 e. The zero-order valence-electron chi connectivity index (χ0n) is 5.49. The molecular formula is C5H5ClN2O3. The van der Waals surface area contributed by atoms with Gasteiger partial charge in [-0.15, -0.1) is 0 Å². The van der Waals surface area contributed by atoms with E-state index in [0.29, 0.717) is 0 Å². The fourth-order valence-electron chi connectivity index (χ4n) is 0.811. The highest BCUT2D eigenvalue weighted by molar-refractivity contribution is 6.13. The van der Waals surface area contributed by atoms with Crippen LogP contribution in [0, 0.1) is 0 Å². The molecule has 0 spiro atoms. The normalized spacial score (nSPS) is 20.8. The molecule has 0 bridgehead atoms. The third kappa shape index (κ3) is 2.27. The van der Waals surface area contributed by atoms with Crippen molar-refractivity contribution in [2.45, 2.75) is 18.9 Å². The molecule has 0 aromatic heterocycles. The average Bonchev–Trinajstić information content (AvgIpc) is 1.85. The Kier molecular flexibility index (Phi) is 2.53. The molecule has 5 nitrogen and oxygen atoms in total. The van der Waals surface area contributed by atoms with Gasteiger partial charge in [0.1, 0.15) is 0 Å². The van der Waals surface area contributed by atoms with Gasteiger partial charge in [-0.2, -0.15) is 5.11 Å². The van der Waals surface area contributed by atoms with Crippen molar-refractivity contribution in [1.82, 2.24) is 0 Å². The van der Waals surface area contributed by atoms with Crippen molar-refractivity contribution in [3.05, 3.63) is 0 Å². The molecule has 1 saturated heterocycles. The smallest absolute Gasteiger partial charge is 0.315 e. The third-order valence-corrected chi connectivity index (χ3v) is 1.33. The topological polar surface area (TPSA) is 68.1 Å². The minimum atomic E-state index is -0.574. The average molecular weight is 177 g/mol. The molecule has 0 aromatic rings. The molecule has 0 unspecified atom stereocenters. The van der Waals surface area contributed by atoms with E-state index in [1.807, 2.05) is 0 Å². The second-order valence-corrected chi connectivity index (χ2v) is 2.25. The van der Waals surface area contributed by atoms with E-state index in [2.05, 4.69) is 14.5 Å². The first-order valence-electron chi connectivity index (χ1n) is 2.97. The van der Waals surface area contributed by atoms with Crippen LogP contribution >= 0.6 is 11.8 Å². The van der Waals surface area contributed by atoms with Crippen LogP contribution in [-0.4, -0.2) is 18.0 Å². The number of carbonyl (C=O) groups is 2. The number of halogens is 1.